The Hall–Kier alpha value is -2.46. The molecule has 0 bridgehead atoms. The molecule has 2 aromatic rings. The van der Waals surface area contributed by atoms with Crippen molar-refractivity contribution in [3.05, 3.63) is 59.9 Å². The number of carbonyl (C=O) groups is 1. The number of pyridine rings is 1. The minimum atomic E-state index is -0.510. The molecule has 1 aromatic carbocycles. The van der Waals surface area contributed by atoms with Crippen molar-refractivity contribution in [3.63, 3.8) is 0 Å². The van der Waals surface area contributed by atoms with Gasteiger partial charge in [-0.2, -0.15) is 0 Å². The van der Waals surface area contributed by atoms with E-state index in [1.165, 1.54) is 0 Å². The Balaban J connectivity index is 2.02. The van der Waals surface area contributed by atoms with Crippen LogP contribution in [-0.4, -0.2) is 11.9 Å². The molecule has 2 rings (SSSR count). The molecular formula is C17H20N3O+. The molecule has 1 heterocycles. The maximum atomic E-state index is 11.5. The van der Waals surface area contributed by atoms with Gasteiger partial charge in [0.05, 0.1) is 6.04 Å². The lowest BCUT2D eigenvalue weighted by Crippen LogP contribution is -2.32. The highest BCUT2D eigenvalue weighted by molar-refractivity contribution is 5.94. The first-order valence-electron chi connectivity index (χ1n) is 6.84. The number of aromatic nitrogens is 1. The van der Waals surface area contributed by atoms with Crippen molar-refractivity contribution >= 4 is 23.7 Å². The minimum Gasteiger partial charge on any atom is -0.325 e. The number of nitrogens with one attached hydrogen (secondary N) is 1. The van der Waals surface area contributed by atoms with Crippen LogP contribution in [-0.2, 0) is 11.8 Å². The van der Waals surface area contributed by atoms with Crippen molar-refractivity contribution in [2.24, 2.45) is 12.8 Å². The number of rotatable bonds is 4. The lowest BCUT2D eigenvalue weighted by molar-refractivity contribution is -0.671. The van der Waals surface area contributed by atoms with Crippen molar-refractivity contribution in [2.75, 3.05) is 5.32 Å². The normalized spacial score (nSPS) is 12.3. The van der Waals surface area contributed by atoms with Crippen LogP contribution in [0.4, 0.5) is 5.69 Å². The summed E-state index contributed by atoms with van der Waals surface area (Å²) in [6.07, 6.45) is 8.10. The number of anilines is 1. The molecular weight excluding hydrogens is 262 g/mol. The Kier molecular flexibility index (Phi) is 4.85. The molecule has 1 amide bonds. The van der Waals surface area contributed by atoms with Gasteiger partial charge in [0.25, 0.3) is 0 Å². The van der Waals surface area contributed by atoms with Crippen LogP contribution in [0.3, 0.4) is 0 Å². The molecule has 0 fully saturated rings. The fraction of sp³-hybridized carbons (Fsp3) is 0.176. The number of nitrogens with two attached hydrogens (primary N) is 1. The van der Waals surface area contributed by atoms with Crippen LogP contribution < -0.4 is 15.6 Å². The Morgan fingerprint density at radius 2 is 1.62 bits per heavy atom. The van der Waals surface area contributed by atoms with Crippen molar-refractivity contribution in [1.29, 1.82) is 0 Å². The second-order valence-corrected chi connectivity index (χ2v) is 5.03. The zero-order chi connectivity index (χ0) is 15.2. The first-order chi connectivity index (χ1) is 10.0. The predicted octanol–water partition coefficient (Wildman–Crippen LogP) is 1.97. The van der Waals surface area contributed by atoms with E-state index in [4.69, 9.17) is 5.73 Å². The number of aryl methyl sites for hydroxylation is 1. The SMILES string of the molecule is C[C@H](N)C(=O)Nc1ccc(C=Cc2cc[n+](C)cc2)cc1. The molecule has 108 valence electrons. The smallest absolute Gasteiger partial charge is 0.240 e. The third-order valence-corrected chi connectivity index (χ3v) is 3.06. The van der Waals surface area contributed by atoms with E-state index in [0.29, 0.717) is 0 Å². The highest BCUT2D eigenvalue weighted by Gasteiger charge is 2.06. The molecule has 0 spiro atoms. The van der Waals surface area contributed by atoms with Crippen LogP contribution in [0.15, 0.2) is 48.8 Å². The van der Waals surface area contributed by atoms with Crippen molar-refractivity contribution in [2.45, 2.75) is 13.0 Å². The van der Waals surface area contributed by atoms with E-state index in [0.717, 1.165) is 16.8 Å². The van der Waals surface area contributed by atoms with Crippen molar-refractivity contribution in [3.8, 4) is 0 Å². The molecule has 0 saturated heterocycles. The van der Waals surface area contributed by atoms with Gasteiger partial charge in [-0.05, 0) is 30.2 Å². The third kappa shape index (κ3) is 4.54. The van der Waals surface area contributed by atoms with Gasteiger partial charge in [0.15, 0.2) is 12.4 Å². The maximum Gasteiger partial charge on any atom is 0.240 e. The van der Waals surface area contributed by atoms with Gasteiger partial charge in [-0.3, -0.25) is 4.79 Å². The second-order valence-electron chi connectivity index (χ2n) is 5.03. The van der Waals surface area contributed by atoms with Gasteiger partial charge in [-0.1, -0.05) is 24.3 Å². The molecule has 1 atom stereocenters. The molecule has 0 unspecified atom stereocenters. The zero-order valence-corrected chi connectivity index (χ0v) is 12.3. The minimum absolute atomic E-state index is 0.185. The van der Waals surface area contributed by atoms with Crippen LogP contribution in [0.25, 0.3) is 12.2 Å². The summed E-state index contributed by atoms with van der Waals surface area (Å²) in [7, 11) is 1.99. The molecule has 0 aliphatic rings. The van der Waals surface area contributed by atoms with Crippen LogP contribution in [0, 0.1) is 0 Å². The zero-order valence-electron chi connectivity index (χ0n) is 12.3. The van der Waals surface area contributed by atoms with E-state index in [9.17, 15) is 4.79 Å². The van der Waals surface area contributed by atoms with Gasteiger partial charge < -0.3 is 11.1 Å². The van der Waals surface area contributed by atoms with E-state index >= 15 is 0 Å². The average molecular weight is 282 g/mol. The van der Waals surface area contributed by atoms with Crippen molar-refractivity contribution < 1.29 is 9.36 Å². The van der Waals surface area contributed by atoms with Gasteiger partial charge in [-0.15, -0.1) is 0 Å². The van der Waals surface area contributed by atoms with Gasteiger partial charge in [-0.25, -0.2) is 4.57 Å². The Morgan fingerprint density at radius 1 is 1.10 bits per heavy atom. The number of benzene rings is 1. The highest BCUT2D eigenvalue weighted by atomic mass is 16.2. The maximum absolute atomic E-state index is 11.5. The fourth-order valence-electron chi connectivity index (χ4n) is 1.75. The van der Waals surface area contributed by atoms with E-state index < -0.39 is 6.04 Å². The standard InChI is InChI=1S/C17H19N3O/c1-13(18)17(21)19-16-7-5-14(6-8-16)3-4-15-9-11-20(2)12-10-15/h3-13H,18H2,1-2H3/p+1/t13-/m0/s1. The molecule has 4 heteroatoms. The molecule has 0 radical (unpaired) electrons. The highest BCUT2D eigenvalue weighted by Crippen LogP contribution is 2.12. The van der Waals surface area contributed by atoms with Crippen LogP contribution >= 0.6 is 0 Å². The number of nitrogens with zero attached hydrogens (tertiary/aromatic N) is 1. The van der Waals surface area contributed by atoms with Crippen LogP contribution in [0.1, 0.15) is 18.1 Å². The lowest BCUT2D eigenvalue weighted by Gasteiger charge is -2.07. The fourth-order valence-corrected chi connectivity index (χ4v) is 1.75. The average Bonchev–Trinajstić information content (AvgIpc) is 2.48. The van der Waals surface area contributed by atoms with E-state index in [-0.39, 0.29) is 5.91 Å². The van der Waals surface area contributed by atoms with Crippen LogP contribution in [0.5, 0.6) is 0 Å². The molecule has 4 nitrogen and oxygen atoms in total. The first kappa shape index (κ1) is 14.9. The summed E-state index contributed by atoms with van der Waals surface area (Å²) in [5, 5.41) is 2.76. The summed E-state index contributed by atoms with van der Waals surface area (Å²) in [6.45, 7) is 1.66. The predicted molar refractivity (Wildman–Crippen MR) is 85.3 cm³/mol. The second kappa shape index (κ2) is 6.81. The molecule has 21 heavy (non-hydrogen) atoms. The van der Waals surface area contributed by atoms with Crippen molar-refractivity contribution in [1.82, 2.24) is 0 Å². The number of hydrogen-bond donors (Lipinski definition) is 2. The number of amides is 1. The van der Waals surface area contributed by atoms with Gasteiger partial charge >= 0.3 is 0 Å². The largest absolute Gasteiger partial charge is 0.325 e. The molecule has 0 aliphatic carbocycles. The molecule has 0 aliphatic heterocycles. The summed E-state index contributed by atoms with van der Waals surface area (Å²) in [6, 6.07) is 11.2. The Morgan fingerprint density at radius 3 is 2.14 bits per heavy atom. The number of carbonyl (C=O) groups excluding carboxylic acids is 1. The molecule has 1 aromatic heterocycles. The van der Waals surface area contributed by atoms with E-state index in [1.54, 1.807) is 6.92 Å². The summed E-state index contributed by atoms with van der Waals surface area (Å²) in [5.74, 6) is -0.185. The Labute approximate surface area is 124 Å². The summed E-state index contributed by atoms with van der Waals surface area (Å²) in [4.78, 5) is 11.5. The summed E-state index contributed by atoms with van der Waals surface area (Å²) < 4.78 is 1.99. The summed E-state index contributed by atoms with van der Waals surface area (Å²) >= 11 is 0. The molecule has 0 saturated carbocycles. The number of hydrogen-bond acceptors (Lipinski definition) is 2. The quantitative estimate of drug-likeness (QED) is 0.842. The summed E-state index contributed by atoms with van der Waals surface area (Å²) in [5.41, 5.74) is 8.48. The van der Waals surface area contributed by atoms with Gasteiger partial charge in [0.2, 0.25) is 5.91 Å². The van der Waals surface area contributed by atoms with Gasteiger partial charge in [0, 0.05) is 17.8 Å². The lowest BCUT2D eigenvalue weighted by atomic mass is 10.1. The molecule has 3 N–H and O–H groups in total. The van der Waals surface area contributed by atoms with E-state index in [2.05, 4.69) is 11.4 Å². The third-order valence-electron chi connectivity index (χ3n) is 3.06. The van der Waals surface area contributed by atoms with Gasteiger partial charge in [0.1, 0.15) is 7.05 Å². The monoisotopic (exact) mass is 282 g/mol. The first-order valence-corrected chi connectivity index (χ1v) is 6.84. The topological polar surface area (TPSA) is 59.0 Å². The van der Waals surface area contributed by atoms with Crippen LogP contribution in [0.2, 0.25) is 0 Å². The Bertz CT molecular complexity index is 628. The van der Waals surface area contributed by atoms with E-state index in [1.807, 2.05) is 66.5 Å².